The number of benzene rings is 2. The van der Waals surface area contributed by atoms with Gasteiger partial charge in [-0.15, -0.1) is 0 Å². The zero-order chi connectivity index (χ0) is 22.9. The third-order valence-electron chi connectivity index (χ3n) is 5.44. The van der Waals surface area contributed by atoms with E-state index in [9.17, 15) is 4.79 Å². The Kier molecular flexibility index (Phi) is 5.40. The molecule has 0 radical (unpaired) electrons. The van der Waals surface area contributed by atoms with Gasteiger partial charge in [0.05, 0.1) is 18.4 Å². The highest BCUT2D eigenvalue weighted by Crippen LogP contribution is 2.22. The highest BCUT2D eigenvalue weighted by Gasteiger charge is 2.18. The molecule has 5 aromatic rings. The second kappa shape index (κ2) is 8.52. The first-order valence-corrected chi connectivity index (χ1v) is 10.9. The van der Waals surface area contributed by atoms with Crippen LogP contribution in [0.5, 0.6) is 0 Å². The number of anilines is 1. The quantitative estimate of drug-likeness (QED) is 0.396. The molecule has 7 nitrogen and oxygen atoms in total. The maximum absolute atomic E-state index is 13.0. The predicted molar refractivity (Wildman–Crippen MR) is 129 cm³/mol. The summed E-state index contributed by atoms with van der Waals surface area (Å²) in [5.41, 5.74) is 5.85. The summed E-state index contributed by atoms with van der Waals surface area (Å²) in [6.45, 7) is 4.54. The highest BCUT2D eigenvalue weighted by molar-refractivity contribution is 6.30. The molecule has 0 saturated carbocycles. The van der Waals surface area contributed by atoms with Gasteiger partial charge in [0.1, 0.15) is 5.56 Å². The zero-order valence-electron chi connectivity index (χ0n) is 18.2. The lowest BCUT2D eigenvalue weighted by molar-refractivity contribution is 0.102. The van der Waals surface area contributed by atoms with Gasteiger partial charge in [-0.25, -0.2) is 9.50 Å². The fraction of sp³-hybridized carbons (Fsp3) is 0.120. The van der Waals surface area contributed by atoms with E-state index in [1.165, 1.54) is 11.8 Å². The lowest BCUT2D eigenvalue weighted by Crippen LogP contribution is -2.13. The van der Waals surface area contributed by atoms with Gasteiger partial charge in [0.2, 0.25) is 0 Å². The molecule has 0 aliphatic heterocycles. The van der Waals surface area contributed by atoms with Crippen molar-refractivity contribution in [2.45, 2.75) is 20.4 Å². The van der Waals surface area contributed by atoms with Crippen molar-refractivity contribution < 1.29 is 4.79 Å². The van der Waals surface area contributed by atoms with Crippen molar-refractivity contribution in [3.05, 3.63) is 100 Å². The van der Waals surface area contributed by atoms with Crippen molar-refractivity contribution in [3.63, 3.8) is 0 Å². The summed E-state index contributed by atoms with van der Waals surface area (Å²) >= 11 is 6.09. The van der Waals surface area contributed by atoms with Crippen LogP contribution in [0, 0.1) is 13.8 Å². The Balaban J connectivity index is 1.40. The van der Waals surface area contributed by atoms with Gasteiger partial charge in [-0.3, -0.25) is 9.48 Å². The molecule has 0 spiro atoms. The van der Waals surface area contributed by atoms with E-state index in [4.69, 9.17) is 11.6 Å². The first kappa shape index (κ1) is 20.9. The summed E-state index contributed by atoms with van der Waals surface area (Å²) in [5, 5.41) is 12.5. The molecule has 1 amide bonds. The van der Waals surface area contributed by atoms with Crippen LogP contribution in [-0.4, -0.2) is 30.3 Å². The number of aromatic nitrogens is 5. The topological polar surface area (TPSA) is 77.1 Å². The molecule has 0 fully saturated rings. The SMILES string of the molecule is Cc1ccc(-c2ccnc3c(C(=O)Nc4cc(C)n(Cc5cccc(Cl)c5)n4)cnn23)cc1. The molecule has 0 saturated heterocycles. The second-order valence-electron chi connectivity index (χ2n) is 7.90. The van der Waals surface area contributed by atoms with Crippen LogP contribution in [0.15, 0.2) is 73.1 Å². The number of fused-ring (bicyclic) bond motifs is 1. The van der Waals surface area contributed by atoms with Crippen molar-refractivity contribution in [1.29, 1.82) is 0 Å². The van der Waals surface area contributed by atoms with Gasteiger partial charge in [0.25, 0.3) is 5.91 Å². The highest BCUT2D eigenvalue weighted by atomic mass is 35.5. The van der Waals surface area contributed by atoms with Crippen LogP contribution in [0.1, 0.15) is 27.2 Å². The van der Waals surface area contributed by atoms with Gasteiger partial charge in [0, 0.05) is 28.5 Å². The summed E-state index contributed by atoms with van der Waals surface area (Å²) in [7, 11) is 0. The smallest absolute Gasteiger partial charge is 0.262 e. The van der Waals surface area contributed by atoms with Crippen molar-refractivity contribution in [2.75, 3.05) is 5.32 Å². The Morgan fingerprint density at radius 2 is 1.88 bits per heavy atom. The summed E-state index contributed by atoms with van der Waals surface area (Å²) in [6.07, 6.45) is 3.22. The number of nitrogens with zero attached hydrogens (tertiary/aromatic N) is 5. The Bertz CT molecular complexity index is 1470. The van der Waals surface area contributed by atoms with E-state index in [-0.39, 0.29) is 5.91 Å². The summed E-state index contributed by atoms with van der Waals surface area (Å²) < 4.78 is 3.51. The molecular formula is C25H21ClN6O. The Labute approximate surface area is 195 Å². The maximum Gasteiger partial charge on any atom is 0.262 e. The Hall–Kier alpha value is -3.97. The molecule has 0 aliphatic carbocycles. The number of hydrogen-bond donors (Lipinski definition) is 1. The van der Waals surface area contributed by atoms with Crippen LogP contribution in [0.3, 0.4) is 0 Å². The third-order valence-corrected chi connectivity index (χ3v) is 5.67. The monoisotopic (exact) mass is 456 g/mol. The first-order chi connectivity index (χ1) is 16.0. The van der Waals surface area contributed by atoms with Crippen molar-refractivity contribution in [3.8, 4) is 11.3 Å². The average molecular weight is 457 g/mol. The van der Waals surface area contributed by atoms with E-state index in [1.807, 2.05) is 79.2 Å². The minimum Gasteiger partial charge on any atom is -0.305 e. The molecule has 0 aliphatic rings. The van der Waals surface area contributed by atoms with Crippen LogP contribution < -0.4 is 5.32 Å². The molecular weight excluding hydrogens is 436 g/mol. The van der Waals surface area contributed by atoms with Crippen LogP contribution in [0.25, 0.3) is 16.9 Å². The fourth-order valence-corrected chi connectivity index (χ4v) is 3.93. The van der Waals surface area contributed by atoms with Gasteiger partial charge < -0.3 is 5.32 Å². The first-order valence-electron chi connectivity index (χ1n) is 10.5. The van der Waals surface area contributed by atoms with Crippen molar-refractivity contribution >= 4 is 29.0 Å². The van der Waals surface area contributed by atoms with E-state index >= 15 is 0 Å². The van der Waals surface area contributed by atoms with Crippen LogP contribution in [0.2, 0.25) is 5.02 Å². The third kappa shape index (κ3) is 4.23. The van der Waals surface area contributed by atoms with Crippen molar-refractivity contribution in [2.24, 2.45) is 0 Å². The molecule has 3 heterocycles. The number of nitrogens with one attached hydrogen (secondary N) is 1. The van der Waals surface area contributed by atoms with Crippen LogP contribution >= 0.6 is 11.6 Å². The lowest BCUT2D eigenvalue weighted by Gasteiger charge is -2.06. The molecule has 164 valence electrons. The van der Waals surface area contributed by atoms with Crippen molar-refractivity contribution in [1.82, 2.24) is 24.4 Å². The van der Waals surface area contributed by atoms with Crippen LogP contribution in [0.4, 0.5) is 5.82 Å². The van der Waals surface area contributed by atoms with E-state index in [0.29, 0.717) is 28.6 Å². The number of halogens is 1. The van der Waals surface area contributed by atoms with Crippen LogP contribution in [-0.2, 0) is 6.54 Å². The van der Waals surface area contributed by atoms with Gasteiger partial charge in [-0.05, 0) is 37.6 Å². The summed E-state index contributed by atoms with van der Waals surface area (Å²) in [6, 6.07) is 19.5. The molecule has 0 unspecified atom stereocenters. The number of aryl methyl sites for hydroxylation is 2. The standard InChI is InChI=1S/C25H21ClN6O/c1-16-6-8-19(9-7-16)22-10-11-27-24-21(14-28-32(22)24)25(33)29-23-12-17(2)31(30-23)15-18-4-3-5-20(26)13-18/h3-14H,15H2,1-2H3,(H,29,30,33). The summed E-state index contributed by atoms with van der Waals surface area (Å²) in [4.78, 5) is 17.4. The number of carbonyl (C=O) groups excluding carboxylic acids is 1. The summed E-state index contributed by atoms with van der Waals surface area (Å²) in [5.74, 6) is 0.152. The Morgan fingerprint density at radius 3 is 2.67 bits per heavy atom. The average Bonchev–Trinajstić information content (AvgIpc) is 3.37. The van der Waals surface area contributed by atoms with E-state index in [2.05, 4.69) is 20.5 Å². The second-order valence-corrected chi connectivity index (χ2v) is 8.34. The number of carbonyl (C=O) groups is 1. The molecule has 33 heavy (non-hydrogen) atoms. The minimum atomic E-state index is -0.314. The minimum absolute atomic E-state index is 0.314. The van der Waals surface area contributed by atoms with E-state index < -0.39 is 0 Å². The molecule has 2 aromatic carbocycles. The largest absolute Gasteiger partial charge is 0.305 e. The maximum atomic E-state index is 13.0. The molecule has 8 heteroatoms. The molecule has 1 N–H and O–H groups in total. The van der Waals surface area contributed by atoms with Gasteiger partial charge >= 0.3 is 0 Å². The Morgan fingerprint density at radius 1 is 1.06 bits per heavy atom. The normalized spacial score (nSPS) is 11.1. The van der Waals surface area contributed by atoms with Gasteiger partial charge in [-0.1, -0.05) is 53.6 Å². The van der Waals surface area contributed by atoms with Gasteiger partial charge in [0.15, 0.2) is 11.5 Å². The van der Waals surface area contributed by atoms with E-state index in [0.717, 1.165) is 22.5 Å². The molecule has 5 rings (SSSR count). The number of rotatable bonds is 5. The fourth-order valence-electron chi connectivity index (χ4n) is 3.72. The number of hydrogen-bond acceptors (Lipinski definition) is 4. The zero-order valence-corrected chi connectivity index (χ0v) is 18.9. The lowest BCUT2D eigenvalue weighted by atomic mass is 10.1. The predicted octanol–water partition coefficient (Wildman–Crippen LogP) is 5.16. The molecule has 3 aromatic heterocycles. The van der Waals surface area contributed by atoms with E-state index in [1.54, 1.807) is 10.7 Å². The van der Waals surface area contributed by atoms with Gasteiger partial charge in [-0.2, -0.15) is 10.2 Å². The molecule has 0 bridgehead atoms. The molecule has 0 atom stereocenters. The number of amides is 1.